The van der Waals surface area contributed by atoms with E-state index in [2.05, 4.69) is 34.1 Å². The highest BCUT2D eigenvalue weighted by Crippen LogP contribution is 2.21. The van der Waals surface area contributed by atoms with Crippen LogP contribution in [0.15, 0.2) is 30.5 Å². The third-order valence-electron chi connectivity index (χ3n) is 4.23. The number of H-pyrrole nitrogens is 1. The van der Waals surface area contributed by atoms with Gasteiger partial charge in [-0.2, -0.15) is 0 Å². The van der Waals surface area contributed by atoms with Crippen LogP contribution in [0.3, 0.4) is 0 Å². The summed E-state index contributed by atoms with van der Waals surface area (Å²) in [6.45, 7) is 5.24. The number of fused-ring (bicyclic) bond motifs is 1. The summed E-state index contributed by atoms with van der Waals surface area (Å²) in [6.07, 6.45) is 3.79. The van der Waals surface area contributed by atoms with E-state index in [0.717, 1.165) is 32.5 Å². The molecule has 1 aromatic heterocycles. The Bertz CT molecular complexity index is 612. The van der Waals surface area contributed by atoms with Gasteiger partial charge in [0.15, 0.2) is 0 Å². The first-order valence-electron chi connectivity index (χ1n) is 7.71. The minimum atomic E-state index is -0.0223. The standard InChI is InChI=1S/C17H22N2O2/c1-2-21-17(20)14-6-9-19(10-7-14)12-13-3-4-16-15(11-13)5-8-18-16/h3-5,8,11,14,18H,2,6-7,9-10,12H2,1H3. The van der Waals surface area contributed by atoms with Crippen molar-refractivity contribution < 1.29 is 9.53 Å². The van der Waals surface area contributed by atoms with Gasteiger partial charge in [0.2, 0.25) is 0 Å². The van der Waals surface area contributed by atoms with E-state index in [-0.39, 0.29) is 11.9 Å². The Morgan fingerprint density at radius 2 is 2.14 bits per heavy atom. The molecular formula is C17H22N2O2. The lowest BCUT2D eigenvalue weighted by atomic mass is 9.96. The fourth-order valence-electron chi connectivity index (χ4n) is 3.05. The average Bonchev–Trinajstić information content (AvgIpc) is 2.96. The number of hydrogen-bond acceptors (Lipinski definition) is 3. The Morgan fingerprint density at radius 3 is 2.90 bits per heavy atom. The van der Waals surface area contributed by atoms with Gasteiger partial charge in [0, 0.05) is 18.3 Å². The fraction of sp³-hybridized carbons (Fsp3) is 0.471. The third-order valence-corrected chi connectivity index (χ3v) is 4.23. The predicted molar refractivity (Wildman–Crippen MR) is 82.9 cm³/mol. The first-order chi connectivity index (χ1) is 10.3. The lowest BCUT2D eigenvalue weighted by molar-refractivity contribution is -0.149. The zero-order valence-electron chi connectivity index (χ0n) is 12.5. The van der Waals surface area contributed by atoms with Crippen LogP contribution in [0, 0.1) is 5.92 Å². The molecule has 2 heterocycles. The van der Waals surface area contributed by atoms with Crippen molar-refractivity contribution in [3.8, 4) is 0 Å². The SMILES string of the molecule is CCOC(=O)C1CCN(Cc2ccc3[nH]ccc3c2)CC1. The van der Waals surface area contributed by atoms with Crippen molar-refractivity contribution in [3.63, 3.8) is 0 Å². The number of hydrogen-bond donors (Lipinski definition) is 1. The average molecular weight is 286 g/mol. The summed E-state index contributed by atoms with van der Waals surface area (Å²) in [5, 5.41) is 1.26. The molecule has 1 saturated heterocycles. The molecule has 0 radical (unpaired) electrons. The first kappa shape index (κ1) is 14.1. The quantitative estimate of drug-likeness (QED) is 0.879. The molecule has 1 aliphatic heterocycles. The lowest BCUT2D eigenvalue weighted by Gasteiger charge is -2.30. The monoisotopic (exact) mass is 286 g/mol. The lowest BCUT2D eigenvalue weighted by Crippen LogP contribution is -2.36. The predicted octanol–water partition coefficient (Wildman–Crippen LogP) is 2.94. The zero-order chi connectivity index (χ0) is 14.7. The number of esters is 1. The number of carbonyl (C=O) groups excluding carboxylic acids is 1. The van der Waals surface area contributed by atoms with Gasteiger partial charge in [0.1, 0.15) is 0 Å². The molecule has 4 nitrogen and oxygen atoms in total. The zero-order valence-corrected chi connectivity index (χ0v) is 12.5. The van der Waals surface area contributed by atoms with Crippen LogP contribution in [0.2, 0.25) is 0 Å². The number of ether oxygens (including phenoxy) is 1. The molecule has 1 aromatic carbocycles. The largest absolute Gasteiger partial charge is 0.466 e. The molecule has 0 spiro atoms. The van der Waals surface area contributed by atoms with Crippen LogP contribution in [0.4, 0.5) is 0 Å². The summed E-state index contributed by atoms with van der Waals surface area (Å²) in [5.41, 5.74) is 2.51. The van der Waals surface area contributed by atoms with Crippen molar-refractivity contribution in [1.29, 1.82) is 0 Å². The second-order valence-electron chi connectivity index (χ2n) is 5.70. The normalized spacial score (nSPS) is 17.2. The molecule has 0 saturated carbocycles. The highest BCUT2D eigenvalue weighted by molar-refractivity contribution is 5.79. The van der Waals surface area contributed by atoms with Crippen LogP contribution in [-0.2, 0) is 16.1 Å². The van der Waals surface area contributed by atoms with Crippen LogP contribution < -0.4 is 0 Å². The van der Waals surface area contributed by atoms with E-state index >= 15 is 0 Å². The fourth-order valence-corrected chi connectivity index (χ4v) is 3.05. The summed E-state index contributed by atoms with van der Waals surface area (Å²) in [5.74, 6) is 0.0687. The van der Waals surface area contributed by atoms with Crippen LogP contribution in [0.1, 0.15) is 25.3 Å². The van der Waals surface area contributed by atoms with E-state index in [9.17, 15) is 4.79 Å². The summed E-state index contributed by atoms with van der Waals surface area (Å²) in [4.78, 5) is 17.4. The van der Waals surface area contributed by atoms with Crippen molar-refractivity contribution in [1.82, 2.24) is 9.88 Å². The van der Waals surface area contributed by atoms with Crippen molar-refractivity contribution >= 4 is 16.9 Å². The van der Waals surface area contributed by atoms with Crippen molar-refractivity contribution in [2.45, 2.75) is 26.3 Å². The Labute approximate surface area is 125 Å². The molecule has 0 aliphatic carbocycles. The molecule has 1 fully saturated rings. The number of piperidine rings is 1. The van der Waals surface area contributed by atoms with Crippen LogP contribution in [0.25, 0.3) is 10.9 Å². The Morgan fingerprint density at radius 1 is 1.33 bits per heavy atom. The number of likely N-dealkylation sites (tertiary alicyclic amines) is 1. The second kappa shape index (κ2) is 6.31. The minimum Gasteiger partial charge on any atom is -0.466 e. The molecule has 0 unspecified atom stereocenters. The van der Waals surface area contributed by atoms with Gasteiger partial charge >= 0.3 is 5.97 Å². The number of aromatic amines is 1. The van der Waals surface area contributed by atoms with Crippen LogP contribution in [-0.4, -0.2) is 35.5 Å². The minimum absolute atomic E-state index is 0.0223. The van der Waals surface area contributed by atoms with Gasteiger partial charge < -0.3 is 9.72 Å². The van der Waals surface area contributed by atoms with Crippen molar-refractivity contribution in [2.75, 3.05) is 19.7 Å². The molecule has 4 heteroatoms. The maximum atomic E-state index is 11.7. The maximum absolute atomic E-state index is 11.7. The van der Waals surface area contributed by atoms with Crippen LogP contribution in [0.5, 0.6) is 0 Å². The molecule has 2 aromatic rings. The van der Waals surface area contributed by atoms with Gasteiger partial charge in [-0.25, -0.2) is 0 Å². The smallest absolute Gasteiger partial charge is 0.309 e. The van der Waals surface area contributed by atoms with Gasteiger partial charge in [-0.3, -0.25) is 9.69 Å². The highest BCUT2D eigenvalue weighted by atomic mass is 16.5. The second-order valence-corrected chi connectivity index (χ2v) is 5.70. The van der Waals surface area contributed by atoms with E-state index in [0.29, 0.717) is 6.61 Å². The van der Waals surface area contributed by atoms with E-state index in [4.69, 9.17) is 4.74 Å². The topological polar surface area (TPSA) is 45.3 Å². The summed E-state index contributed by atoms with van der Waals surface area (Å²) >= 11 is 0. The summed E-state index contributed by atoms with van der Waals surface area (Å²) in [7, 11) is 0. The molecule has 1 N–H and O–H groups in total. The molecule has 0 amide bonds. The van der Waals surface area contributed by atoms with Gasteiger partial charge in [-0.05, 0) is 62.0 Å². The summed E-state index contributed by atoms with van der Waals surface area (Å²) in [6, 6.07) is 8.65. The number of benzene rings is 1. The van der Waals surface area contributed by atoms with Gasteiger partial charge in [-0.1, -0.05) is 6.07 Å². The number of nitrogens with one attached hydrogen (secondary N) is 1. The third kappa shape index (κ3) is 3.27. The number of rotatable bonds is 4. The molecule has 112 valence electrons. The number of nitrogens with zero attached hydrogens (tertiary/aromatic N) is 1. The molecule has 0 bridgehead atoms. The molecule has 1 aliphatic rings. The van der Waals surface area contributed by atoms with Gasteiger partial charge in [0.25, 0.3) is 0 Å². The van der Waals surface area contributed by atoms with E-state index in [1.165, 1.54) is 16.5 Å². The van der Waals surface area contributed by atoms with Crippen molar-refractivity contribution in [2.24, 2.45) is 5.92 Å². The number of aromatic nitrogens is 1. The van der Waals surface area contributed by atoms with Crippen LogP contribution >= 0.6 is 0 Å². The Balaban J connectivity index is 1.56. The molecule has 0 atom stereocenters. The van der Waals surface area contributed by atoms with Gasteiger partial charge in [-0.15, -0.1) is 0 Å². The van der Waals surface area contributed by atoms with Gasteiger partial charge in [0.05, 0.1) is 12.5 Å². The maximum Gasteiger partial charge on any atom is 0.309 e. The number of carbonyl (C=O) groups is 1. The highest BCUT2D eigenvalue weighted by Gasteiger charge is 2.25. The Kier molecular flexibility index (Phi) is 4.25. The molecule has 21 heavy (non-hydrogen) atoms. The first-order valence-corrected chi connectivity index (χ1v) is 7.71. The van der Waals surface area contributed by atoms with E-state index in [1.54, 1.807) is 0 Å². The van der Waals surface area contributed by atoms with E-state index < -0.39 is 0 Å². The molecule has 3 rings (SSSR count). The summed E-state index contributed by atoms with van der Waals surface area (Å²) < 4.78 is 5.11. The Hall–Kier alpha value is -1.81. The van der Waals surface area contributed by atoms with Crippen molar-refractivity contribution in [3.05, 3.63) is 36.0 Å². The van der Waals surface area contributed by atoms with E-state index in [1.807, 2.05) is 13.1 Å². The molecular weight excluding hydrogens is 264 g/mol.